The number of rotatable bonds is 7. The summed E-state index contributed by atoms with van der Waals surface area (Å²) in [5.74, 6) is 0.937. The van der Waals surface area contributed by atoms with Crippen molar-refractivity contribution in [3.8, 4) is 5.75 Å². The van der Waals surface area contributed by atoms with Crippen molar-refractivity contribution in [3.63, 3.8) is 0 Å². The molecule has 31 heavy (non-hydrogen) atoms. The standard InChI is InChI=1S/C25H33N3O3/c1-18(2)17-21(26-24(29)20-10-6-5-9-19(20)3)25(30)28-15-13-27(14-16-28)22-11-7-8-12-23(22)31-4/h5-12,18,21H,13-17H2,1-4H3,(H,26,29). The van der Waals surface area contributed by atoms with Crippen LogP contribution in [0.5, 0.6) is 5.75 Å². The van der Waals surface area contributed by atoms with E-state index >= 15 is 0 Å². The van der Waals surface area contributed by atoms with Gasteiger partial charge >= 0.3 is 0 Å². The fraction of sp³-hybridized carbons (Fsp3) is 0.440. The molecule has 2 amide bonds. The summed E-state index contributed by atoms with van der Waals surface area (Å²) >= 11 is 0. The second-order valence-corrected chi connectivity index (χ2v) is 8.45. The van der Waals surface area contributed by atoms with Crippen molar-refractivity contribution in [2.24, 2.45) is 5.92 Å². The molecule has 1 heterocycles. The molecule has 1 atom stereocenters. The highest BCUT2D eigenvalue weighted by molar-refractivity contribution is 5.98. The second kappa shape index (κ2) is 10.3. The average Bonchev–Trinajstić information content (AvgIpc) is 2.78. The van der Waals surface area contributed by atoms with E-state index in [2.05, 4.69) is 24.1 Å². The maximum atomic E-state index is 13.3. The Morgan fingerprint density at radius 1 is 1.00 bits per heavy atom. The van der Waals surface area contributed by atoms with Crippen molar-refractivity contribution in [3.05, 3.63) is 59.7 Å². The third kappa shape index (κ3) is 5.57. The van der Waals surface area contributed by atoms with Crippen LogP contribution in [-0.4, -0.2) is 56.0 Å². The molecule has 1 aliphatic heterocycles. The van der Waals surface area contributed by atoms with Gasteiger partial charge in [0.05, 0.1) is 12.8 Å². The summed E-state index contributed by atoms with van der Waals surface area (Å²) < 4.78 is 5.48. The van der Waals surface area contributed by atoms with Crippen molar-refractivity contribution < 1.29 is 14.3 Å². The van der Waals surface area contributed by atoms with Gasteiger partial charge in [-0.25, -0.2) is 0 Å². The minimum absolute atomic E-state index is 0.00434. The monoisotopic (exact) mass is 423 g/mol. The number of hydrogen-bond acceptors (Lipinski definition) is 4. The number of carbonyl (C=O) groups excluding carboxylic acids is 2. The molecule has 1 N–H and O–H groups in total. The largest absolute Gasteiger partial charge is 0.495 e. The van der Waals surface area contributed by atoms with Gasteiger partial charge in [0.15, 0.2) is 0 Å². The number of hydrogen-bond donors (Lipinski definition) is 1. The van der Waals surface area contributed by atoms with Crippen LogP contribution >= 0.6 is 0 Å². The Hall–Kier alpha value is -3.02. The summed E-state index contributed by atoms with van der Waals surface area (Å²) in [4.78, 5) is 30.3. The Balaban J connectivity index is 1.67. The lowest BCUT2D eigenvalue weighted by atomic mass is 10.0. The van der Waals surface area contributed by atoms with Gasteiger partial charge in [-0.15, -0.1) is 0 Å². The minimum atomic E-state index is -0.523. The number of aryl methyl sites for hydroxylation is 1. The fourth-order valence-electron chi connectivity index (χ4n) is 4.04. The van der Waals surface area contributed by atoms with Gasteiger partial charge in [0.25, 0.3) is 5.91 Å². The first-order chi connectivity index (χ1) is 14.9. The van der Waals surface area contributed by atoms with E-state index in [0.29, 0.717) is 31.0 Å². The lowest BCUT2D eigenvalue weighted by molar-refractivity contribution is -0.134. The molecule has 1 saturated heterocycles. The summed E-state index contributed by atoms with van der Waals surface area (Å²) in [5.41, 5.74) is 2.56. The van der Waals surface area contributed by atoms with Crippen LogP contribution in [0.3, 0.4) is 0 Å². The highest BCUT2D eigenvalue weighted by Gasteiger charge is 2.30. The van der Waals surface area contributed by atoms with Gasteiger partial charge in [0.1, 0.15) is 11.8 Å². The number of anilines is 1. The van der Waals surface area contributed by atoms with Gasteiger partial charge in [-0.1, -0.05) is 44.2 Å². The number of carbonyl (C=O) groups is 2. The van der Waals surface area contributed by atoms with Crippen molar-refractivity contribution >= 4 is 17.5 Å². The van der Waals surface area contributed by atoms with E-state index in [1.54, 1.807) is 13.2 Å². The van der Waals surface area contributed by atoms with E-state index in [1.165, 1.54) is 0 Å². The summed E-state index contributed by atoms with van der Waals surface area (Å²) in [5, 5.41) is 3.00. The zero-order valence-electron chi connectivity index (χ0n) is 18.9. The minimum Gasteiger partial charge on any atom is -0.495 e. The van der Waals surface area contributed by atoms with Crippen molar-refractivity contribution in [2.75, 3.05) is 38.2 Å². The lowest BCUT2D eigenvalue weighted by Crippen LogP contribution is -2.55. The molecule has 1 aliphatic rings. The summed E-state index contributed by atoms with van der Waals surface area (Å²) in [6.45, 7) is 8.74. The predicted molar refractivity (Wildman–Crippen MR) is 124 cm³/mol. The number of ether oxygens (including phenoxy) is 1. The SMILES string of the molecule is COc1ccccc1N1CCN(C(=O)C(CC(C)C)NC(=O)c2ccccc2C)CC1. The van der Waals surface area contributed by atoms with Crippen LogP contribution in [0, 0.1) is 12.8 Å². The van der Waals surface area contributed by atoms with Crippen molar-refractivity contribution in [2.45, 2.75) is 33.2 Å². The lowest BCUT2D eigenvalue weighted by Gasteiger charge is -2.38. The summed E-state index contributed by atoms with van der Waals surface area (Å²) in [6, 6.07) is 14.9. The van der Waals surface area contributed by atoms with Crippen molar-refractivity contribution in [1.82, 2.24) is 10.2 Å². The molecule has 3 rings (SSSR count). The maximum absolute atomic E-state index is 13.3. The van der Waals surface area contributed by atoms with Crippen LogP contribution in [0.1, 0.15) is 36.2 Å². The molecule has 0 aliphatic carbocycles. The van der Waals surface area contributed by atoms with E-state index in [1.807, 2.05) is 54.3 Å². The normalized spacial score (nSPS) is 15.0. The summed E-state index contributed by atoms with van der Waals surface area (Å²) in [6.07, 6.45) is 0.614. The fourth-order valence-corrected chi connectivity index (χ4v) is 4.04. The number of amides is 2. The number of nitrogens with one attached hydrogen (secondary N) is 1. The van der Waals surface area contributed by atoms with Crippen LogP contribution in [0.4, 0.5) is 5.69 Å². The number of piperazine rings is 1. The van der Waals surface area contributed by atoms with E-state index < -0.39 is 6.04 Å². The molecule has 1 unspecified atom stereocenters. The second-order valence-electron chi connectivity index (χ2n) is 8.45. The molecular formula is C25H33N3O3. The van der Waals surface area contributed by atoms with Crippen molar-refractivity contribution in [1.29, 1.82) is 0 Å². The van der Waals surface area contributed by atoms with Crippen LogP contribution in [0.2, 0.25) is 0 Å². The molecule has 0 aromatic heterocycles. The van der Waals surface area contributed by atoms with E-state index in [9.17, 15) is 9.59 Å². The number of nitrogens with zero attached hydrogens (tertiary/aromatic N) is 2. The Labute approximate surface area is 185 Å². The smallest absolute Gasteiger partial charge is 0.252 e. The van der Waals surface area contributed by atoms with Gasteiger partial charge in [-0.05, 0) is 43.0 Å². The molecule has 0 saturated carbocycles. The van der Waals surface area contributed by atoms with Crippen LogP contribution in [0.25, 0.3) is 0 Å². The van der Waals surface area contributed by atoms with Gasteiger partial charge in [0, 0.05) is 31.7 Å². The van der Waals surface area contributed by atoms with Gasteiger partial charge in [-0.2, -0.15) is 0 Å². The topological polar surface area (TPSA) is 61.9 Å². The van der Waals surface area contributed by atoms with E-state index in [4.69, 9.17) is 4.74 Å². The average molecular weight is 424 g/mol. The summed E-state index contributed by atoms with van der Waals surface area (Å²) in [7, 11) is 1.67. The first kappa shape index (κ1) is 22.7. The maximum Gasteiger partial charge on any atom is 0.252 e. The Morgan fingerprint density at radius 2 is 1.65 bits per heavy atom. The van der Waals surface area contributed by atoms with Crippen LogP contribution in [0.15, 0.2) is 48.5 Å². The molecular weight excluding hydrogens is 390 g/mol. The number of benzene rings is 2. The first-order valence-electron chi connectivity index (χ1n) is 10.9. The molecule has 1 fully saturated rings. The van der Waals surface area contributed by atoms with Gasteiger partial charge < -0.3 is 19.9 Å². The highest BCUT2D eigenvalue weighted by atomic mass is 16.5. The first-order valence-corrected chi connectivity index (χ1v) is 10.9. The zero-order chi connectivity index (χ0) is 22.4. The molecule has 2 aromatic carbocycles. The molecule has 6 nitrogen and oxygen atoms in total. The zero-order valence-corrected chi connectivity index (χ0v) is 18.9. The molecule has 0 spiro atoms. The Bertz CT molecular complexity index is 904. The van der Waals surface area contributed by atoms with E-state index in [-0.39, 0.29) is 11.8 Å². The Morgan fingerprint density at radius 3 is 2.29 bits per heavy atom. The molecule has 6 heteroatoms. The molecule has 166 valence electrons. The number of methoxy groups -OCH3 is 1. The van der Waals surface area contributed by atoms with E-state index in [0.717, 1.165) is 30.1 Å². The molecule has 0 radical (unpaired) electrons. The highest BCUT2D eigenvalue weighted by Crippen LogP contribution is 2.28. The predicted octanol–water partition coefficient (Wildman–Crippen LogP) is 3.50. The third-order valence-corrected chi connectivity index (χ3v) is 5.72. The van der Waals surface area contributed by atoms with Crippen LogP contribution < -0.4 is 15.0 Å². The number of para-hydroxylation sites is 2. The molecule has 0 bridgehead atoms. The third-order valence-electron chi connectivity index (χ3n) is 5.72. The van der Waals surface area contributed by atoms with Gasteiger partial charge in [0.2, 0.25) is 5.91 Å². The molecule has 2 aromatic rings. The van der Waals surface area contributed by atoms with Crippen LogP contribution in [-0.2, 0) is 4.79 Å². The van der Waals surface area contributed by atoms with Gasteiger partial charge in [-0.3, -0.25) is 9.59 Å². The Kier molecular flexibility index (Phi) is 7.55. The quantitative estimate of drug-likeness (QED) is 0.741.